The molecule has 7 heteroatoms. The zero-order chi connectivity index (χ0) is 15.4. The molecule has 0 aliphatic heterocycles. The predicted octanol–water partition coefficient (Wildman–Crippen LogP) is 3.79. The number of nitrogens with zero attached hydrogens (tertiary/aromatic N) is 1. The number of hydrogen-bond donors (Lipinski definition) is 1. The molecular formula is C14H16BrClN2O3. The highest BCUT2D eigenvalue weighted by atomic mass is 79.9. The Morgan fingerprint density at radius 3 is 2.81 bits per heavy atom. The van der Waals surface area contributed by atoms with Crippen molar-refractivity contribution in [3.63, 3.8) is 0 Å². The molecule has 21 heavy (non-hydrogen) atoms. The standard InChI is InChI=1S/C14H16BrClN2O3/c15-7-9-2-1-3-10(9)8-17-14(19)12-6-11(16)4-5-13(12)18(20)21/h4-6,9-10H,1-3,7-8H2,(H,17,19). The summed E-state index contributed by atoms with van der Waals surface area (Å²) in [6, 6.07) is 4.01. The number of nitro groups is 1. The fourth-order valence-corrected chi connectivity index (χ4v) is 3.78. The summed E-state index contributed by atoms with van der Waals surface area (Å²) in [5, 5.41) is 15.0. The van der Waals surface area contributed by atoms with Crippen LogP contribution >= 0.6 is 27.5 Å². The largest absolute Gasteiger partial charge is 0.352 e. The van der Waals surface area contributed by atoms with Crippen LogP contribution in [0, 0.1) is 22.0 Å². The van der Waals surface area contributed by atoms with E-state index in [2.05, 4.69) is 21.2 Å². The molecular weight excluding hydrogens is 360 g/mol. The van der Waals surface area contributed by atoms with Crippen molar-refractivity contribution in [2.75, 3.05) is 11.9 Å². The van der Waals surface area contributed by atoms with Crippen molar-refractivity contribution >= 4 is 39.1 Å². The highest BCUT2D eigenvalue weighted by molar-refractivity contribution is 9.09. The van der Waals surface area contributed by atoms with E-state index in [9.17, 15) is 14.9 Å². The number of carbonyl (C=O) groups is 1. The lowest BCUT2D eigenvalue weighted by Gasteiger charge is -2.17. The lowest BCUT2D eigenvalue weighted by atomic mass is 9.98. The molecule has 0 radical (unpaired) electrons. The smallest absolute Gasteiger partial charge is 0.282 e. The molecule has 1 aliphatic carbocycles. The fourth-order valence-electron chi connectivity index (χ4n) is 2.75. The Labute approximate surface area is 136 Å². The van der Waals surface area contributed by atoms with Crippen LogP contribution in [0.4, 0.5) is 5.69 Å². The molecule has 1 amide bonds. The van der Waals surface area contributed by atoms with E-state index in [1.807, 2.05) is 0 Å². The number of benzene rings is 1. The molecule has 1 aliphatic rings. The number of halogens is 2. The first-order valence-electron chi connectivity index (χ1n) is 6.81. The molecule has 0 bridgehead atoms. The molecule has 0 heterocycles. The summed E-state index contributed by atoms with van der Waals surface area (Å²) in [4.78, 5) is 22.6. The normalized spacial score (nSPS) is 21.2. The van der Waals surface area contributed by atoms with Crippen LogP contribution in [0.1, 0.15) is 29.6 Å². The molecule has 1 aromatic rings. The van der Waals surface area contributed by atoms with E-state index >= 15 is 0 Å². The molecule has 2 atom stereocenters. The van der Waals surface area contributed by atoms with E-state index in [1.165, 1.54) is 18.2 Å². The molecule has 1 saturated carbocycles. The Kier molecular flexibility index (Phi) is 5.58. The van der Waals surface area contributed by atoms with Gasteiger partial charge in [-0.05, 0) is 36.8 Å². The van der Waals surface area contributed by atoms with Gasteiger partial charge in [-0.15, -0.1) is 0 Å². The average molecular weight is 376 g/mol. The van der Waals surface area contributed by atoms with Gasteiger partial charge in [-0.25, -0.2) is 0 Å². The Hall–Kier alpha value is -1.14. The number of amides is 1. The second kappa shape index (κ2) is 7.22. The highest BCUT2D eigenvalue weighted by Gasteiger charge is 2.27. The first kappa shape index (κ1) is 16.2. The van der Waals surface area contributed by atoms with Gasteiger partial charge < -0.3 is 5.32 Å². The summed E-state index contributed by atoms with van der Waals surface area (Å²) in [6.07, 6.45) is 3.39. The molecule has 0 saturated heterocycles. The Morgan fingerprint density at radius 2 is 2.14 bits per heavy atom. The third kappa shape index (κ3) is 3.95. The van der Waals surface area contributed by atoms with E-state index in [1.54, 1.807) is 0 Å². The topological polar surface area (TPSA) is 72.2 Å². The average Bonchev–Trinajstić information content (AvgIpc) is 2.91. The molecule has 1 N–H and O–H groups in total. The quantitative estimate of drug-likeness (QED) is 0.483. The van der Waals surface area contributed by atoms with Gasteiger partial charge in [0, 0.05) is 23.0 Å². The summed E-state index contributed by atoms with van der Waals surface area (Å²) in [5.41, 5.74) is -0.207. The summed E-state index contributed by atoms with van der Waals surface area (Å²) >= 11 is 9.32. The molecule has 0 spiro atoms. The van der Waals surface area contributed by atoms with Crippen molar-refractivity contribution in [2.45, 2.75) is 19.3 Å². The Morgan fingerprint density at radius 1 is 1.43 bits per heavy atom. The van der Waals surface area contributed by atoms with Crippen LogP contribution in [0.3, 0.4) is 0 Å². The Bertz CT molecular complexity index is 553. The van der Waals surface area contributed by atoms with Crippen molar-refractivity contribution in [3.05, 3.63) is 38.9 Å². The SMILES string of the molecule is O=C(NCC1CCCC1CBr)c1cc(Cl)ccc1[N+](=O)[O-]. The summed E-state index contributed by atoms with van der Waals surface area (Å²) in [6.45, 7) is 0.540. The lowest BCUT2D eigenvalue weighted by molar-refractivity contribution is -0.385. The van der Waals surface area contributed by atoms with Gasteiger partial charge in [-0.3, -0.25) is 14.9 Å². The van der Waals surface area contributed by atoms with Gasteiger partial charge in [0.2, 0.25) is 0 Å². The van der Waals surface area contributed by atoms with Crippen LogP contribution in [-0.4, -0.2) is 22.7 Å². The maximum Gasteiger partial charge on any atom is 0.282 e. The second-order valence-corrected chi connectivity index (χ2v) is 6.32. The second-order valence-electron chi connectivity index (χ2n) is 5.23. The van der Waals surface area contributed by atoms with E-state index in [0.717, 1.165) is 24.6 Å². The molecule has 0 aromatic heterocycles. The van der Waals surface area contributed by atoms with Gasteiger partial charge in [0.25, 0.3) is 11.6 Å². The first-order valence-corrected chi connectivity index (χ1v) is 8.31. The fraction of sp³-hybridized carbons (Fsp3) is 0.500. The monoisotopic (exact) mass is 374 g/mol. The predicted molar refractivity (Wildman–Crippen MR) is 85.1 cm³/mol. The summed E-state index contributed by atoms with van der Waals surface area (Å²) < 4.78 is 0. The van der Waals surface area contributed by atoms with Crippen LogP contribution in [0.2, 0.25) is 5.02 Å². The van der Waals surface area contributed by atoms with Gasteiger partial charge in [0.15, 0.2) is 0 Å². The first-order chi connectivity index (χ1) is 10.0. The third-order valence-electron chi connectivity index (χ3n) is 3.94. The van der Waals surface area contributed by atoms with Crippen molar-refractivity contribution in [1.82, 2.24) is 5.32 Å². The van der Waals surface area contributed by atoms with E-state index in [0.29, 0.717) is 23.4 Å². The van der Waals surface area contributed by atoms with Crippen LogP contribution in [0.15, 0.2) is 18.2 Å². The van der Waals surface area contributed by atoms with Gasteiger partial charge in [-0.2, -0.15) is 0 Å². The van der Waals surface area contributed by atoms with E-state index in [-0.39, 0.29) is 11.3 Å². The number of alkyl halides is 1. The Balaban J connectivity index is 2.06. The lowest BCUT2D eigenvalue weighted by Crippen LogP contribution is -2.31. The highest BCUT2D eigenvalue weighted by Crippen LogP contribution is 2.32. The zero-order valence-corrected chi connectivity index (χ0v) is 13.7. The summed E-state index contributed by atoms with van der Waals surface area (Å²) in [7, 11) is 0. The van der Waals surface area contributed by atoms with Crippen LogP contribution < -0.4 is 5.32 Å². The third-order valence-corrected chi connectivity index (χ3v) is 5.01. The minimum Gasteiger partial charge on any atom is -0.352 e. The van der Waals surface area contributed by atoms with Crippen molar-refractivity contribution in [2.24, 2.45) is 11.8 Å². The maximum absolute atomic E-state index is 12.2. The summed E-state index contributed by atoms with van der Waals surface area (Å²) in [5.74, 6) is 0.538. The zero-order valence-electron chi connectivity index (χ0n) is 11.4. The van der Waals surface area contributed by atoms with Crippen molar-refractivity contribution in [1.29, 1.82) is 0 Å². The van der Waals surface area contributed by atoms with Gasteiger partial charge in [0.05, 0.1) is 4.92 Å². The van der Waals surface area contributed by atoms with Crippen LogP contribution in [0.5, 0.6) is 0 Å². The van der Waals surface area contributed by atoms with Gasteiger partial charge >= 0.3 is 0 Å². The molecule has 2 rings (SSSR count). The molecule has 5 nitrogen and oxygen atoms in total. The van der Waals surface area contributed by atoms with E-state index in [4.69, 9.17) is 11.6 Å². The van der Waals surface area contributed by atoms with Gasteiger partial charge in [-0.1, -0.05) is 34.0 Å². The van der Waals surface area contributed by atoms with Crippen molar-refractivity contribution < 1.29 is 9.72 Å². The van der Waals surface area contributed by atoms with E-state index < -0.39 is 10.8 Å². The molecule has 1 fully saturated rings. The maximum atomic E-state index is 12.2. The molecule has 1 aromatic carbocycles. The minimum atomic E-state index is -0.567. The number of rotatable bonds is 5. The molecule has 114 valence electrons. The van der Waals surface area contributed by atoms with Crippen LogP contribution in [0.25, 0.3) is 0 Å². The molecule has 2 unspecified atom stereocenters. The number of nitrogens with one attached hydrogen (secondary N) is 1. The number of nitro benzene ring substituents is 1. The van der Waals surface area contributed by atoms with Crippen LogP contribution in [-0.2, 0) is 0 Å². The van der Waals surface area contributed by atoms with Gasteiger partial charge in [0.1, 0.15) is 5.56 Å². The minimum absolute atomic E-state index is 0.0147. The number of carbonyl (C=O) groups excluding carboxylic acids is 1. The van der Waals surface area contributed by atoms with Crippen molar-refractivity contribution in [3.8, 4) is 0 Å². The number of hydrogen-bond acceptors (Lipinski definition) is 3.